The van der Waals surface area contributed by atoms with Gasteiger partial charge in [0.25, 0.3) is 0 Å². The predicted octanol–water partition coefficient (Wildman–Crippen LogP) is 2.96. The van der Waals surface area contributed by atoms with E-state index in [1.165, 1.54) is 12.8 Å². The topological polar surface area (TPSA) is 17.1 Å². The van der Waals surface area contributed by atoms with Crippen molar-refractivity contribution in [2.45, 2.75) is 39.5 Å². The van der Waals surface area contributed by atoms with Crippen LogP contribution in [0.15, 0.2) is 12.2 Å². The highest BCUT2D eigenvalue weighted by Crippen LogP contribution is 2.53. The molecule has 1 saturated carbocycles. The van der Waals surface area contributed by atoms with Crippen molar-refractivity contribution < 1.29 is 4.79 Å². The summed E-state index contributed by atoms with van der Waals surface area (Å²) in [6.45, 7) is 4.63. The lowest BCUT2D eigenvalue weighted by atomic mass is 9.66. The third kappa shape index (κ3) is 1.25. The van der Waals surface area contributed by atoms with Crippen LogP contribution in [0, 0.1) is 17.3 Å². The van der Waals surface area contributed by atoms with Crippen LogP contribution < -0.4 is 0 Å². The molecular weight excluding hydrogens is 160 g/mol. The van der Waals surface area contributed by atoms with Gasteiger partial charge in [-0.05, 0) is 42.6 Å². The highest BCUT2D eigenvalue weighted by atomic mass is 16.1. The van der Waals surface area contributed by atoms with E-state index in [2.05, 4.69) is 19.9 Å². The van der Waals surface area contributed by atoms with Crippen molar-refractivity contribution in [3.63, 3.8) is 0 Å². The van der Waals surface area contributed by atoms with E-state index in [1.807, 2.05) is 0 Å². The van der Waals surface area contributed by atoms with E-state index in [-0.39, 0.29) is 0 Å². The van der Waals surface area contributed by atoms with Gasteiger partial charge in [0.2, 0.25) is 0 Å². The maximum atomic E-state index is 11.4. The fraction of sp³-hybridized carbons (Fsp3) is 0.750. The Hall–Kier alpha value is -0.590. The first-order valence-corrected chi connectivity index (χ1v) is 5.34. The van der Waals surface area contributed by atoms with E-state index in [4.69, 9.17) is 0 Å². The molecule has 0 saturated heterocycles. The molecular formula is C12H18O. The van der Waals surface area contributed by atoms with Crippen molar-refractivity contribution in [2.75, 3.05) is 0 Å². The SMILES string of the molecule is CC1CCC(C)C12CC=CC(=O)C2. The molecule has 0 heterocycles. The Morgan fingerprint density at radius 2 is 1.92 bits per heavy atom. The minimum atomic E-state index is 0.325. The summed E-state index contributed by atoms with van der Waals surface area (Å²) in [6, 6.07) is 0. The fourth-order valence-corrected chi connectivity index (χ4v) is 3.18. The zero-order valence-electron chi connectivity index (χ0n) is 8.55. The van der Waals surface area contributed by atoms with Gasteiger partial charge in [0.1, 0.15) is 0 Å². The number of hydrogen-bond acceptors (Lipinski definition) is 1. The van der Waals surface area contributed by atoms with Crippen LogP contribution in [0.25, 0.3) is 0 Å². The van der Waals surface area contributed by atoms with Crippen molar-refractivity contribution in [1.82, 2.24) is 0 Å². The molecule has 0 amide bonds. The first-order valence-electron chi connectivity index (χ1n) is 5.34. The number of ketones is 1. The third-order valence-electron chi connectivity index (χ3n) is 4.30. The van der Waals surface area contributed by atoms with Gasteiger partial charge >= 0.3 is 0 Å². The van der Waals surface area contributed by atoms with Crippen LogP contribution in [0.1, 0.15) is 39.5 Å². The maximum Gasteiger partial charge on any atom is 0.155 e. The number of hydrogen-bond donors (Lipinski definition) is 0. The van der Waals surface area contributed by atoms with Crippen molar-refractivity contribution in [1.29, 1.82) is 0 Å². The van der Waals surface area contributed by atoms with E-state index in [0.717, 1.165) is 24.7 Å². The Labute approximate surface area is 80.2 Å². The van der Waals surface area contributed by atoms with Crippen LogP contribution in [0.2, 0.25) is 0 Å². The summed E-state index contributed by atoms with van der Waals surface area (Å²) in [5.74, 6) is 1.81. The monoisotopic (exact) mass is 178 g/mol. The summed E-state index contributed by atoms with van der Waals surface area (Å²) in [5, 5.41) is 0. The van der Waals surface area contributed by atoms with Crippen LogP contribution in [-0.2, 0) is 4.79 Å². The second-order valence-electron chi connectivity index (χ2n) is 4.86. The number of allylic oxidation sites excluding steroid dienone is 2. The van der Waals surface area contributed by atoms with E-state index < -0.39 is 0 Å². The lowest BCUT2D eigenvalue weighted by molar-refractivity contribution is -0.118. The first kappa shape index (κ1) is 8.98. The maximum absolute atomic E-state index is 11.4. The highest BCUT2D eigenvalue weighted by Gasteiger charge is 2.46. The van der Waals surface area contributed by atoms with Crippen molar-refractivity contribution >= 4 is 5.78 Å². The quantitative estimate of drug-likeness (QED) is 0.557. The van der Waals surface area contributed by atoms with Crippen molar-refractivity contribution in [3.8, 4) is 0 Å². The lowest BCUT2D eigenvalue weighted by Gasteiger charge is -2.38. The minimum absolute atomic E-state index is 0.325. The Kier molecular flexibility index (Phi) is 2.05. The summed E-state index contributed by atoms with van der Waals surface area (Å²) in [4.78, 5) is 11.4. The number of carbonyl (C=O) groups is 1. The van der Waals surface area contributed by atoms with Gasteiger partial charge in [-0.25, -0.2) is 0 Å². The molecule has 0 aromatic rings. The molecule has 0 aromatic carbocycles. The van der Waals surface area contributed by atoms with Gasteiger partial charge in [-0.2, -0.15) is 0 Å². The summed E-state index contributed by atoms with van der Waals surface area (Å²) in [6.07, 6.45) is 8.39. The second kappa shape index (κ2) is 2.97. The van der Waals surface area contributed by atoms with Gasteiger partial charge in [-0.15, -0.1) is 0 Å². The molecule has 0 radical (unpaired) electrons. The largest absolute Gasteiger partial charge is 0.295 e. The second-order valence-corrected chi connectivity index (χ2v) is 4.86. The molecule has 2 unspecified atom stereocenters. The number of rotatable bonds is 0. The molecule has 1 heteroatoms. The van der Waals surface area contributed by atoms with Crippen LogP contribution >= 0.6 is 0 Å². The van der Waals surface area contributed by atoms with E-state index in [1.54, 1.807) is 6.08 Å². The molecule has 0 N–H and O–H groups in total. The lowest BCUT2D eigenvalue weighted by Crippen LogP contribution is -2.33. The average molecular weight is 178 g/mol. The summed E-state index contributed by atoms with van der Waals surface area (Å²) < 4.78 is 0. The Morgan fingerprint density at radius 1 is 1.31 bits per heavy atom. The first-order chi connectivity index (χ1) is 6.15. The van der Waals surface area contributed by atoms with Crippen molar-refractivity contribution in [3.05, 3.63) is 12.2 Å². The molecule has 13 heavy (non-hydrogen) atoms. The molecule has 1 spiro atoms. The van der Waals surface area contributed by atoms with Crippen molar-refractivity contribution in [2.24, 2.45) is 17.3 Å². The van der Waals surface area contributed by atoms with Gasteiger partial charge in [-0.3, -0.25) is 4.79 Å². The fourth-order valence-electron chi connectivity index (χ4n) is 3.18. The van der Waals surface area contributed by atoms with E-state index in [9.17, 15) is 4.79 Å². The summed E-state index contributed by atoms with van der Waals surface area (Å²) in [5.41, 5.74) is 0.325. The molecule has 2 aliphatic rings. The summed E-state index contributed by atoms with van der Waals surface area (Å²) >= 11 is 0. The van der Waals surface area contributed by atoms with Crippen LogP contribution in [0.5, 0.6) is 0 Å². The minimum Gasteiger partial charge on any atom is -0.295 e. The van der Waals surface area contributed by atoms with E-state index >= 15 is 0 Å². The van der Waals surface area contributed by atoms with Crippen LogP contribution in [0.3, 0.4) is 0 Å². The zero-order chi connectivity index (χ0) is 9.47. The molecule has 2 rings (SSSR count). The van der Waals surface area contributed by atoms with Crippen LogP contribution in [0.4, 0.5) is 0 Å². The Bertz CT molecular complexity index is 242. The number of carbonyl (C=O) groups excluding carboxylic acids is 1. The smallest absolute Gasteiger partial charge is 0.155 e. The summed E-state index contributed by atoms with van der Waals surface area (Å²) in [7, 11) is 0. The van der Waals surface area contributed by atoms with Gasteiger partial charge in [0.05, 0.1) is 0 Å². The molecule has 1 fully saturated rings. The molecule has 2 aliphatic carbocycles. The average Bonchev–Trinajstić information content (AvgIpc) is 2.34. The van der Waals surface area contributed by atoms with Crippen LogP contribution in [-0.4, -0.2) is 5.78 Å². The molecule has 0 bridgehead atoms. The van der Waals surface area contributed by atoms with Gasteiger partial charge < -0.3 is 0 Å². The normalized spacial score (nSPS) is 44.6. The van der Waals surface area contributed by atoms with Gasteiger partial charge in [0, 0.05) is 6.42 Å². The Morgan fingerprint density at radius 3 is 2.46 bits per heavy atom. The Balaban J connectivity index is 2.28. The molecule has 1 nitrogen and oxygen atoms in total. The zero-order valence-corrected chi connectivity index (χ0v) is 8.55. The standard InChI is InChI=1S/C12H18O/c1-9-5-6-10(2)12(9)7-3-4-11(13)8-12/h3-4,9-10H,5-8H2,1-2H3. The van der Waals surface area contributed by atoms with Gasteiger partial charge in [-0.1, -0.05) is 19.9 Å². The molecule has 0 aromatic heterocycles. The third-order valence-corrected chi connectivity index (χ3v) is 4.30. The molecule has 2 atom stereocenters. The van der Waals surface area contributed by atoms with Gasteiger partial charge in [0.15, 0.2) is 5.78 Å². The highest BCUT2D eigenvalue weighted by molar-refractivity contribution is 5.91. The van der Waals surface area contributed by atoms with E-state index in [0.29, 0.717) is 11.2 Å². The predicted molar refractivity (Wildman–Crippen MR) is 53.4 cm³/mol. The molecule has 72 valence electrons. The molecule has 0 aliphatic heterocycles.